The summed E-state index contributed by atoms with van der Waals surface area (Å²) >= 11 is 0. The van der Waals surface area contributed by atoms with E-state index in [2.05, 4.69) is 6.92 Å². The SMILES string of the molecule is CCCC1CCC(C2CCC(C(=O)Oc3ccc4c(F)c(F)c(F)cc4c3)CC2)CC1. The van der Waals surface area contributed by atoms with Gasteiger partial charge in [0.15, 0.2) is 17.5 Å². The molecule has 31 heavy (non-hydrogen) atoms. The number of esters is 1. The highest BCUT2D eigenvalue weighted by molar-refractivity contribution is 5.85. The highest BCUT2D eigenvalue weighted by Crippen LogP contribution is 2.42. The van der Waals surface area contributed by atoms with Gasteiger partial charge in [-0.3, -0.25) is 4.79 Å². The highest BCUT2D eigenvalue weighted by atomic mass is 19.2. The van der Waals surface area contributed by atoms with Crippen LogP contribution in [0.3, 0.4) is 0 Å². The van der Waals surface area contributed by atoms with Gasteiger partial charge in [-0.1, -0.05) is 32.6 Å². The molecule has 5 heteroatoms. The third kappa shape index (κ3) is 4.91. The maximum Gasteiger partial charge on any atom is 0.314 e. The second kappa shape index (κ2) is 9.62. The molecule has 4 rings (SSSR count). The molecule has 0 spiro atoms. The minimum absolute atomic E-state index is 0.0344. The molecular formula is C26H31F3O2. The topological polar surface area (TPSA) is 26.3 Å². The van der Waals surface area contributed by atoms with Gasteiger partial charge in [-0.2, -0.15) is 0 Å². The van der Waals surface area contributed by atoms with Gasteiger partial charge in [-0.05, 0) is 85.9 Å². The Morgan fingerprint density at radius 2 is 1.55 bits per heavy atom. The molecule has 2 nitrogen and oxygen atoms in total. The maximum atomic E-state index is 13.9. The van der Waals surface area contributed by atoms with Crippen molar-refractivity contribution < 1.29 is 22.7 Å². The minimum atomic E-state index is -1.49. The largest absolute Gasteiger partial charge is 0.426 e. The first-order valence-electron chi connectivity index (χ1n) is 11.7. The fourth-order valence-electron chi connectivity index (χ4n) is 5.73. The molecule has 2 aromatic carbocycles. The predicted octanol–water partition coefficient (Wildman–Crippen LogP) is 7.58. The Morgan fingerprint density at radius 3 is 2.19 bits per heavy atom. The minimum Gasteiger partial charge on any atom is -0.426 e. The third-order valence-corrected chi connectivity index (χ3v) is 7.52. The number of fused-ring (bicyclic) bond motifs is 1. The molecule has 168 valence electrons. The summed E-state index contributed by atoms with van der Waals surface area (Å²) in [7, 11) is 0. The van der Waals surface area contributed by atoms with Gasteiger partial charge in [-0.25, -0.2) is 13.2 Å². The van der Waals surface area contributed by atoms with Gasteiger partial charge in [0.1, 0.15) is 5.75 Å². The van der Waals surface area contributed by atoms with E-state index in [4.69, 9.17) is 4.74 Å². The van der Waals surface area contributed by atoms with Crippen LogP contribution in [-0.4, -0.2) is 5.97 Å². The van der Waals surface area contributed by atoms with Gasteiger partial charge in [0, 0.05) is 5.39 Å². The van der Waals surface area contributed by atoms with E-state index in [0.29, 0.717) is 5.92 Å². The van der Waals surface area contributed by atoms with Gasteiger partial charge >= 0.3 is 5.97 Å². The summed E-state index contributed by atoms with van der Waals surface area (Å²) in [5, 5.41) is 0.136. The predicted molar refractivity (Wildman–Crippen MR) is 115 cm³/mol. The van der Waals surface area contributed by atoms with Crippen LogP contribution in [0.15, 0.2) is 24.3 Å². The van der Waals surface area contributed by atoms with Crippen molar-refractivity contribution in [2.24, 2.45) is 23.7 Å². The first-order chi connectivity index (χ1) is 15.0. The Morgan fingerprint density at radius 1 is 0.903 bits per heavy atom. The lowest BCUT2D eigenvalue weighted by Crippen LogP contribution is -2.30. The Hall–Kier alpha value is -2.04. The average molecular weight is 433 g/mol. The zero-order valence-corrected chi connectivity index (χ0v) is 18.1. The van der Waals surface area contributed by atoms with Gasteiger partial charge in [0.05, 0.1) is 5.92 Å². The summed E-state index contributed by atoms with van der Waals surface area (Å²) in [5.41, 5.74) is 0. The molecule has 2 saturated carbocycles. The van der Waals surface area contributed by atoms with E-state index in [1.54, 1.807) is 0 Å². The Labute approximate surface area is 182 Å². The molecule has 0 bridgehead atoms. The lowest BCUT2D eigenvalue weighted by molar-refractivity contribution is -0.140. The van der Waals surface area contributed by atoms with Crippen LogP contribution in [0.4, 0.5) is 13.2 Å². The maximum absolute atomic E-state index is 13.9. The van der Waals surface area contributed by atoms with Crippen LogP contribution in [0, 0.1) is 41.1 Å². The number of ether oxygens (including phenoxy) is 1. The summed E-state index contributed by atoms with van der Waals surface area (Å²) < 4.78 is 46.3. The average Bonchev–Trinajstić information content (AvgIpc) is 2.78. The molecule has 0 heterocycles. The van der Waals surface area contributed by atoms with Crippen LogP contribution in [-0.2, 0) is 4.79 Å². The lowest BCUT2D eigenvalue weighted by Gasteiger charge is -2.37. The van der Waals surface area contributed by atoms with Gasteiger partial charge in [-0.15, -0.1) is 0 Å². The lowest BCUT2D eigenvalue weighted by atomic mass is 9.69. The van der Waals surface area contributed by atoms with Crippen LogP contribution in [0.5, 0.6) is 5.75 Å². The smallest absolute Gasteiger partial charge is 0.314 e. The standard InChI is InChI=1S/C26H31F3O2/c1-2-3-16-4-6-17(7-5-16)18-8-10-19(11-9-18)26(30)31-21-12-13-22-20(14-21)15-23(27)25(29)24(22)28/h12-19H,2-11H2,1H3. The number of carbonyl (C=O) groups excluding carboxylic acids is 1. The zero-order chi connectivity index (χ0) is 22.0. The van der Waals surface area contributed by atoms with Crippen LogP contribution in [0.25, 0.3) is 10.8 Å². The number of hydrogen-bond donors (Lipinski definition) is 0. The molecule has 0 aromatic heterocycles. The van der Waals surface area contributed by atoms with Crippen molar-refractivity contribution in [2.75, 3.05) is 0 Å². The van der Waals surface area contributed by atoms with Gasteiger partial charge in [0.25, 0.3) is 0 Å². The second-order valence-corrected chi connectivity index (χ2v) is 9.47. The van der Waals surface area contributed by atoms with E-state index in [1.807, 2.05) is 0 Å². The van der Waals surface area contributed by atoms with E-state index >= 15 is 0 Å². The van der Waals surface area contributed by atoms with Crippen LogP contribution < -0.4 is 4.74 Å². The molecule has 0 saturated heterocycles. The van der Waals surface area contributed by atoms with Gasteiger partial charge in [0.2, 0.25) is 0 Å². The quantitative estimate of drug-likeness (QED) is 0.277. The van der Waals surface area contributed by atoms with Crippen molar-refractivity contribution >= 4 is 16.7 Å². The van der Waals surface area contributed by atoms with E-state index in [-0.39, 0.29) is 28.4 Å². The molecule has 2 aliphatic rings. The van der Waals surface area contributed by atoms with Crippen LogP contribution >= 0.6 is 0 Å². The third-order valence-electron chi connectivity index (χ3n) is 7.52. The summed E-state index contributed by atoms with van der Waals surface area (Å²) in [6.07, 6.45) is 11.8. The first-order valence-corrected chi connectivity index (χ1v) is 11.7. The molecular weight excluding hydrogens is 401 g/mol. The molecule has 0 radical (unpaired) electrons. The zero-order valence-electron chi connectivity index (χ0n) is 18.1. The van der Waals surface area contributed by atoms with Crippen molar-refractivity contribution in [1.82, 2.24) is 0 Å². The molecule has 2 aliphatic carbocycles. The summed E-state index contributed by atoms with van der Waals surface area (Å²) in [4.78, 5) is 12.7. The van der Waals surface area contributed by atoms with Crippen molar-refractivity contribution in [3.63, 3.8) is 0 Å². The first kappa shape index (κ1) is 22.2. The van der Waals surface area contributed by atoms with E-state index in [9.17, 15) is 18.0 Å². The number of hydrogen-bond acceptors (Lipinski definition) is 2. The van der Waals surface area contributed by atoms with Gasteiger partial charge < -0.3 is 4.74 Å². The van der Waals surface area contributed by atoms with Crippen molar-refractivity contribution in [1.29, 1.82) is 0 Å². The number of carbonyl (C=O) groups is 1. The highest BCUT2D eigenvalue weighted by Gasteiger charge is 2.33. The van der Waals surface area contributed by atoms with E-state index < -0.39 is 17.5 Å². The van der Waals surface area contributed by atoms with Crippen LogP contribution in [0.2, 0.25) is 0 Å². The summed E-state index contributed by atoms with van der Waals surface area (Å²) in [6.45, 7) is 2.26. The number of halogens is 3. The molecule has 0 amide bonds. The summed E-state index contributed by atoms with van der Waals surface area (Å²) in [5.74, 6) is -1.73. The van der Waals surface area contributed by atoms with Crippen molar-refractivity contribution in [3.8, 4) is 5.75 Å². The van der Waals surface area contributed by atoms with Crippen molar-refractivity contribution in [2.45, 2.75) is 71.1 Å². The van der Waals surface area contributed by atoms with Crippen LogP contribution in [0.1, 0.15) is 71.1 Å². The van der Waals surface area contributed by atoms with E-state index in [1.165, 1.54) is 56.7 Å². The molecule has 0 N–H and O–H groups in total. The molecule has 2 aromatic rings. The molecule has 0 unspecified atom stereocenters. The Kier molecular flexibility index (Phi) is 6.88. The number of rotatable bonds is 5. The monoisotopic (exact) mass is 432 g/mol. The molecule has 0 atom stereocenters. The van der Waals surface area contributed by atoms with E-state index in [0.717, 1.165) is 43.6 Å². The Bertz CT molecular complexity index is 926. The summed E-state index contributed by atoms with van der Waals surface area (Å²) in [6, 6.07) is 5.06. The molecule has 2 fully saturated rings. The normalized spacial score (nSPS) is 26.7. The molecule has 0 aliphatic heterocycles. The fraction of sp³-hybridized carbons (Fsp3) is 0.577. The second-order valence-electron chi connectivity index (χ2n) is 9.47. The fourth-order valence-corrected chi connectivity index (χ4v) is 5.73. The Balaban J connectivity index is 1.32. The van der Waals surface area contributed by atoms with Crippen molar-refractivity contribution in [3.05, 3.63) is 41.7 Å². The number of benzene rings is 2.